The zero-order valence-electron chi connectivity index (χ0n) is 11.8. The molecule has 0 bridgehead atoms. The fraction of sp³-hybridized carbons (Fsp3) is 0.158. The topological polar surface area (TPSA) is 30.0 Å². The maximum atomic E-state index is 12.1. The number of ketones is 1. The number of nitrogens with zero attached hydrogens (tertiary/aromatic N) is 1. The quantitative estimate of drug-likeness (QED) is 0.705. The van der Waals surface area contributed by atoms with Gasteiger partial charge in [-0.3, -0.25) is 9.78 Å². The smallest absolute Gasteiger partial charge is 0.139 e. The molecule has 0 amide bonds. The highest BCUT2D eigenvalue weighted by atomic mass is 16.1. The van der Waals surface area contributed by atoms with E-state index in [-0.39, 0.29) is 5.78 Å². The van der Waals surface area contributed by atoms with Gasteiger partial charge in [0.1, 0.15) is 5.78 Å². The predicted octanol–water partition coefficient (Wildman–Crippen LogP) is 3.98. The number of carbonyl (C=O) groups is 1. The van der Waals surface area contributed by atoms with Gasteiger partial charge in [0.25, 0.3) is 0 Å². The van der Waals surface area contributed by atoms with Crippen molar-refractivity contribution in [1.29, 1.82) is 0 Å². The van der Waals surface area contributed by atoms with E-state index in [0.29, 0.717) is 12.8 Å². The molecule has 0 aliphatic heterocycles. The summed E-state index contributed by atoms with van der Waals surface area (Å²) < 4.78 is 0. The van der Waals surface area contributed by atoms with Crippen LogP contribution in [0.25, 0.3) is 10.9 Å². The summed E-state index contributed by atoms with van der Waals surface area (Å²) in [5.41, 5.74) is 3.01. The van der Waals surface area contributed by atoms with Crippen molar-refractivity contribution in [2.75, 3.05) is 0 Å². The summed E-state index contributed by atoms with van der Waals surface area (Å²) in [6.07, 6.45) is 1.78. The molecule has 2 aromatic carbocycles. The number of hydrogen-bond acceptors (Lipinski definition) is 2. The van der Waals surface area contributed by atoms with Gasteiger partial charge in [0.15, 0.2) is 0 Å². The van der Waals surface area contributed by atoms with Crippen molar-refractivity contribution in [3.05, 3.63) is 78.0 Å². The van der Waals surface area contributed by atoms with Gasteiger partial charge < -0.3 is 0 Å². The van der Waals surface area contributed by atoms with Crippen LogP contribution in [0.5, 0.6) is 0 Å². The van der Waals surface area contributed by atoms with Crippen LogP contribution in [0.1, 0.15) is 17.7 Å². The third-order valence-electron chi connectivity index (χ3n) is 3.57. The van der Waals surface area contributed by atoms with Gasteiger partial charge in [0.05, 0.1) is 5.52 Å². The second kappa shape index (κ2) is 6.31. The molecule has 3 rings (SSSR count). The average Bonchev–Trinajstić information content (AvgIpc) is 2.54. The van der Waals surface area contributed by atoms with E-state index in [1.165, 1.54) is 5.56 Å². The largest absolute Gasteiger partial charge is 0.299 e. The summed E-state index contributed by atoms with van der Waals surface area (Å²) in [5, 5.41) is 1.11. The van der Waals surface area contributed by atoms with E-state index >= 15 is 0 Å². The molecule has 0 radical (unpaired) electrons. The molecule has 0 saturated heterocycles. The van der Waals surface area contributed by atoms with Crippen LogP contribution in [-0.4, -0.2) is 10.8 Å². The van der Waals surface area contributed by atoms with Gasteiger partial charge in [-0.15, -0.1) is 0 Å². The lowest BCUT2D eigenvalue weighted by Gasteiger charge is -2.03. The molecule has 1 aromatic heterocycles. The minimum Gasteiger partial charge on any atom is -0.299 e. The van der Waals surface area contributed by atoms with Gasteiger partial charge >= 0.3 is 0 Å². The summed E-state index contributed by atoms with van der Waals surface area (Å²) in [5.74, 6) is 0.238. The zero-order chi connectivity index (χ0) is 14.5. The maximum Gasteiger partial charge on any atom is 0.139 e. The van der Waals surface area contributed by atoms with Gasteiger partial charge in [-0.1, -0.05) is 54.6 Å². The standard InChI is InChI=1S/C19H17NO/c21-18(13-10-15-6-2-1-3-7-15)14-17-12-11-16-8-4-5-9-19(16)20-17/h1-9,11-12H,10,13-14H2. The second-order valence-electron chi connectivity index (χ2n) is 5.20. The van der Waals surface area contributed by atoms with E-state index in [2.05, 4.69) is 17.1 Å². The highest BCUT2D eigenvalue weighted by Crippen LogP contribution is 2.13. The third kappa shape index (κ3) is 3.54. The van der Waals surface area contributed by atoms with E-state index in [4.69, 9.17) is 0 Å². The second-order valence-corrected chi connectivity index (χ2v) is 5.20. The number of hydrogen-bond donors (Lipinski definition) is 0. The van der Waals surface area contributed by atoms with Gasteiger partial charge in [-0.2, -0.15) is 0 Å². The van der Waals surface area contributed by atoms with Crippen LogP contribution in [0.3, 0.4) is 0 Å². The molecule has 0 unspecified atom stereocenters. The molecule has 3 aromatic rings. The van der Waals surface area contributed by atoms with E-state index in [1.807, 2.05) is 54.6 Å². The number of carbonyl (C=O) groups excluding carboxylic acids is 1. The summed E-state index contributed by atoms with van der Waals surface area (Å²) in [7, 11) is 0. The van der Waals surface area contributed by atoms with Crippen molar-refractivity contribution in [2.24, 2.45) is 0 Å². The first-order valence-corrected chi connectivity index (χ1v) is 7.21. The lowest BCUT2D eigenvalue weighted by atomic mass is 10.0. The number of fused-ring (bicyclic) bond motifs is 1. The Bertz CT molecular complexity index is 750. The highest BCUT2D eigenvalue weighted by molar-refractivity contribution is 5.82. The molecule has 0 spiro atoms. The van der Waals surface area contributed by atoms with Gasteiger partial charge in [0.2, 0.25) is 0 Å². The SMILES string of the molecule is O=C(CCc1ccccc1)Cc1ccc2ccccc2n1. The normalized spacial score (nSPS) is 10.7. The number of pyridine rings is 1. The van der Waals surface area contributed by atoms with Crippen molar-refractivity contribution >= 4 is 16.7 Å². The van der Waals surface area contributed by atoms with Crippen LogP contribution in [0.15, 0.2) is 66.7 Å². The molecular formula is C19H17NO. The van der Waals surface area contributed by atoms with Crippen molar-refractivity contribution in [3.63, 3.8) is 0 Å². The Hall–Kier alpha value is -2.48. The monoisotopic (exact) mass is 275 g/mol. The number of Topliss-reactive ketones (excluding diaryl/α,β-unsaturated/α-hetero) is 1. The van der Waals surface area contributed by atoms with E-state index in [0.717, 1.165) is 23.0 Å². The Morgan fingerprint density at radius 3 is 2.48 bits per heavy atom. The minimum atomic E-state index is 0.238. The fourth-order valence-electron chi connectivity index (χ4n) is 2.43. The molecule has 0 saturated carbocycles. The summed E-state index contributed by atoms with van der Waals surface area (Å²) in [4.78, 5) is 16.6. The third-order valence-corrected chi connectivity index (χ3v) is 3.57. The van der Waals surface area contributed by atoms with Crippen LogP contribution >= 0.6 is 0 Å². The van der Waals surface area contributed by atoms with Gasteiger partial charge in [-0.25, -0.2) is 0 Å². The highest BCUT2D eigenvalue weighted by Gasteiger charge is 2.06. The lowest BCUT2D eigenvalue weighted by molar-refractivity contribution is -0.118. The van der Waals surface area contributed by atoms with Gasteiger partial charge in [0, 0.05) is 23.9 Å². The Morgan fingerprint density at radius 1 is 0.857 bits per heavy atom. The van der Waals surface area contributed by atoms with Crippen molar-refractivity contribution in [3.8, 4) is 0 Å². The molecule has 1 heterocycles. The number of aromatic nitrogens is 1. The van der Waals surface area contributed by atoms with E-state index < -0.39 is 0 Å². The Labute approximate surface area is 124 Å². The first-order valence-electron chi connectivity index (χ1n) is 7.21. The fourth-order valence-corrected chi connectivity index (χ4v) is 2.43. The van der Waals surface area contributed by atoms with Crippen LogP contribution in [-0.2, 0) is 17.6 Å². The number of aryl methyl sites for hydroxylation is 1. The Balaban J connectivity index is 1.63. The van der Waals surface area contributed by atoms with Crippen LogP contribution in [0.2, 0.25) is 0 Å². The molecule has 0 N–H and O–H groups in total. The molecule has 0 aliphatic carbocycles. The van der Waals surface area contributed by atoms with Gasteiger partial charge in [-0.05, 0) is 24.1 Å². The van der Waals surface area contributed by atoms with Crippen molar-refractivity contribution < 1.29 is 4.79 Å². The van der Waals surface area contributed by atoms with Crippen molar-refractivity contribution in [2.45, 2.75) is 19.3 Å². The number of benzene rings is 2. The molecule has 104 valence electrons. The molecular weight excluding hydrogens is 258 g/mol. The summed E-state index contributed by atoms with van der Waals surface area (Å²) in [6.45, 7) is 0. The van der Waals surface area contributed by atoms with Crippen LogP contribution < -0.4 is 0 Å². The molecule has 21 heavy (non-hydrogen) atoms. The minimum absolute atomic E-state index is 0.238. The first-order chi connectivity index (χ1) is 10.3. The molecule has 0 atom stereocenters. The van der Waals surface area contributed by atoms with Crippen molar-refractivity contribution in [1.82, 2.24) is 4.98 Å². The van der Waals surface area contributed by atoms with E-state index in [9.17, 15) is 4.79 Å². The number of rotatable bonds is 5. The molecule has 2 heteroatoms. The molecule has 0 fully saturated rings. The first kappa shape index (κ1) is 13.5. The molecule has 2 nitrogen and oxygen atoms in total. The lowest BCUT2D eigenvalue weighted by Crippen LogP contribution is -2.05. The predicted molar refractivity (Wildman–Crippen MR) is 85.2 cm³/mol. The molecule has 0 aliphatic rings. The Morgan fingerprint density at radius 2 is 1.62 bits per heavy atom. The van der Waals surface area contributed by atoms with E-state index in [1.54, 1.807) is 0 Å². The Kier molecular flexibility index (Phi) is 4.06. The zero-order valence-corrected chi connectivity index (χ0v) is 11.8. The average molecular weight is 275 g/mol. The number of para-hydroxylation sites is 1. The van der Waals surface area contributed by atoms with Crippen LogP contribution in [0, 0.1) is 0 Å². The maximum absolute atomic E-state index is 12.1. The summed E-state index contributed by atoms with van der Waals surface area (Å²) >= 11 is 0. The summed E-state index contributed by atoms with van der Waals surface area (Å²) in [6, 6.07) is 22.1. The van der Waals surface area contributed by atoms with Crippen LogP contribution in [0.4, 0.5) is 0 Å².